The van der Waals surface area contributed by atoms with Crippen LogP contribution in [-0.2, 0) is 6.50 Å². The number of hydrogen-bond donors (Lipinski definition) is 0. The van der Waals surface area contributed by atoms with Crippen molar-refractivity contribution in [3.8, 4) is 0 Å². The predicted molar refractivity (Wildman–Crippen MR) is 71.3 cm³/mol. The molecule has 0 aliphatic carbocycles. The third-order valence-corrected chi connectivity index (χ3v) is 3.34. The lowest BCUT2D eigenvalue weighted by atomic mass is 9.91. The highest BCUT2D eigenvalue weighted by atomic mass is 15.0. The maximum atomic E-state index is 7.96. The van der Waals surface area contributed by atoms with Gasteiger partial charge in [-0.05, 0) is 37.4 Å². The van der Waals surface area contributed by atoms with Gasteiger partial charge in [0.1, 0.15) is 0 Å². The molecule has 2 rings (SSSR count). The molecule has 0 fully saturated rings. The monoisotopic (exact) mass is 233 g/mol. The van der Waals surface area contributed by atoms with Crippen molar-refractivity contribution >= 4 is 0 Å². The molecule has 90 valence electrons. The number of benzene rings is 1. The van der Waals surface area contributed by atoms with Crippen molar-refractivity contribution in [2.24, 2.45) is 0 Å². The first-order chi connectivity index (χ1) is 10.1. The van der Waals surface area contributed by atoms with Gasteiger partial charge < -0.3 is 4.57 Å². The fourth-order valence-electron chi connectivity index (χ4n) is 2.12. The Morgan fingerprint density at radius 2 is 2.29 bits per heavy atom. The smallest absolute Gasteiger partial charge is 0.0948 e. The number of nitrogens with zero attached hydrogens (tertiary/aromatic N) is 2. The van der Waals surface area contributed by atoms with Crippen molar-refractivity contribution in [1.82, 2.24) is 9.55 Å². The summed E-state index contributed by atoms with van der Waals surface area (Å²) in [4.78, 5) is 3.97. The minimum absolute atomic E-state index is 0.153. The van der Waals surface area contributed by atoms with Crippen molar-refractivity contribution in [1.29, 1.82) is 0 Å². The summed E-state index contributed by atoms with van der Waals surface area (Å²) in [5.74, 6) is -0.153. The summed E-state index contributed by atoms with van der Waals surface area (Å²) in [7, 11) is 0. The number of aromatic nitrogens is 2. The second kappa shape index (κ2) is 4.74. The number of hydrogen-bond acceptors (Lipinski definition) is 1. The molecule has 0 saturated heterocycles. The van der Waals surface area contributed by atoms with Crippen LogP contribution in [0.3, 0.4) is 0 Å². The van der Waals surface area contributed by atoms with E-state index in [2.05, 4.69) is 4.98 Å². The summed E-state index contributed by atoms with van der Waals surface area (Å²) < 4.78 is 39.4. The fourth-order valence-corrected chi connectivity index (χ4v) is 2.12. The molecule has 0 aliphatic heterocycles. The Labute approximate surface area is 110 Å². The first kappa shape index (κ1) is 7.00. The summed E-state index contributed by atoms with van der Waals surface area (Å²) in [6, 6.07) is 5.95. The van der Waals surface area contributed by atoms with Crippen molar-refractivity contribution < 1.29 is 6.85 Å². The highest BCUT2D eigenvalue weighted by Gasteiger charge is 2.15. The lowest BCUT2D eigenvalue weighted by Crippen LogP contribution is -2.06. The Bertz CT molecular complexity index is 673. The third-order valence-electron chi connectivity index (χ3n) is 3.34. The molecule has 0 aliphatic rings. The zero-order valence-corrected chi connectivity index (χ0v) is 10.4. The highest BCUT2D eigenvalue weighted by Crippen LogP contribution is 2.27. The van der Waals surface area contributed by atoms with E-state index in [1.807, 2.05) is 39.0 Å². The van der Waals surface area contributed by atoms with Crippen LogP contribution in [0, 0.1) is 13.8 Å². The Morgan fingerprint density at radius 3 is 3.06 bits per heavy atom. The van der Waals surface area contributed by atoms with E-state index in [4.69, 9.17) is 6.85 Å². The lowest BCUT2D eigenvalue weighted by molar-refractivity contribution is 0.685. The molecule has 0 saturated carbocycles. The maximum absolute atomic E-state index is 7.96. The van der Waals surface area contributed by atoms with Crippen LogP contribution in [0.15, 0.2) is 30.7 Å². The molecule has 0 amide bonds. The zero-order chi connectivity index (χ0) is 16.7. The Morgan fingerprint density at radius 1 is 1.47 bits per heavy atom. The van der Waals surface area contributed by atoms with E-state index in [9.17, 15) is 0 Å². The molecule has 1 aromatic heterocycles. The Hall–Kier alpha value is -1.57. The minimum Gasteiger partial charge on any atom is -0.334 e. The van der Waals surface area contributed by atoms with Gasteiger partial charge in [0, 0.05) is 31.2 Å². The number of rotatable bonds is 3. The summed E-state index contributed by atoms with van der Waals surface area (Å²) in [6.07, 6.45) is 2.79. The standard InChI is InChI=1S/C15H20N2/c1-5-17-10-16-9-15(17)13(4)14-8-6-7-11(2)12(14)3/h6-10,13H,5H2,1-4H3/i1D3,5D2. The zero-order valence-electron chi connectivity index (χ0n) is 15.4. The van der Waals surface area contributed by atoms with Gasteiger partial charge >= 0.3 is 0 Å². The lowest BCUT2D eigenvalue weighted by Gasteiger charge is -2.17. The van der Waals surface area contributed by atoms with Crippen molar-refractivity contribution in [2.75, 3.05) is 0 Å². The summed E-state index contributed by atoms with van der Waals surface area (Å²) >= 11 is 0. The van der Waals surface area contributed by atoms with Gasteiger partial charge in [-0.1, -0.05) is 25.1 Å². The van der Waals surface area contributed by atoms with Gasteiger partial charge in [0.25, 0.3) is 0 Å². The van der Waals surface area contributed by atoms with Gasteiger partial charge in [-0.25, -0.2) is 4.98 Å². The van der Waals surface area contributed by atoms with Gasteiger partial charge in [0.15, 0.2) is 0 Å². The van der Waals surface area contributed by atoms with Crippen LogP contribution in [0.5, 0.6) is 0 Å². The topological polar surface area (TPSA) is 17.8 Å². The van der Waals surface area contributed by atoms with E-state index in [0.29, 0.717) is 5.69 Å². The summed E-state index contributed by atoms with van der Waals surface area (Å²) in [5, 5.41) is 0. The molecule has 1 aromatic carbocycles. The Kier molecular flexibility index (Phi) is 1.95. The van der Waals surface area contributed by atoms with Crippen LogP contribution in [0.25, 0.3) is 0 Å². The molecule has 2 aromatic rings. The van der Waals surface area contributed by atoms with Gasteiger partial charge in [-0.2, -0.15) is 0 Å². The van der Waals surface area contributed by atoms with Crippen LogP contribution < -0.4 is 0 Å². The number of aryl methyl sites for hydroxylation is 2. The molecule has 0 N–H and O–H groups in total. The fraction of sp³-hybridized carbons (Fsp3) is 0.400. The first-order valence-electron chi connectivity index (χ1n) is 8.16. The van der Waals surface area contributed by atoms with Crippen molar-refractivity contribution in [2.45, 2.75) is 40.0 Å². The van der Waals surface area contributed by atoms with Crippen LogP contribution in [0.4, 0.5) is 0 Å². The quantitative estimate of drug-likeness (QED) is 0.791. The highest BCUT2D eigenvalue weighted by molar-refractivity contribution is 5.38. The molecule has 0 spiro atoms. The van der Waals surface area contributed by atoms with E-state index >= 15 is 0 Å². The molecule has 1 atom stereocenters. The second-order valence-electron chi connectivity index (χ2n) is 4.31. The predicted octanol–water partition coefficient (Wildman–Crippen LogP) is 3.67. The third kappa shape index (κ3) is 2.12. The van der Waals surface area contributed by atoms with Gasteiger partial charge in [-0.15, -0.1) is 0 Å². The summed E-state index contributed by atoms with van der Waals surface area (Å²) in [5.41, 5.74) is 3.87. The van der Waals surface area contributed by atoms with Gasteiger partial charge in [0.2, 0.25) is 0 Å². The largest absolute Gasteiger partial charge is 0.334 e. The van der Waals surface area contributed by atoms with Crippen LogP contribution >= 0.6 is 0 Å². The maximum Gasteiger partial charge on any atom is 0.0948 e. The normalized spacial score (nSPS) is 18.6. The number of imidazole rings is 1. The average molecular weight is 233 g/mol. The molecule has 17 heavy (non-hydrogen) atoms. The van der Waals surface area contributed by atoms with Crippen molar-refractivity contribution in [3.05, 3.63) is 53.1 Å². The molecule has 1 heterocycles. The van der Waals surface area contributed by atoms with Gasteiger partial charge in [-0.3, -0.25) is 0 Å². The molecule has 2 nitrogen and oxygen atoms in total. The molecular formula is C15H20N2. The second-order valence-corrected chi connectivity index (χ2v) is 4.31. The SMILES string of the molecule is [2H]C([2H])([2H])C([2H])([2H])n1cncc1C(C)c1cccc(C)c1C. The van der Waals surface area contributed by atoms with Crippen molar-refractivity contribution in [3.63, 3.8) is 0 Å². The van der Waals surface area contributed by atoms with Gasteiger partial charge in [0.05, 0.1) is 6.33 Å². The average Bonchev–Trinajstić information content (AvgIpc) is 2.89. The van der Waals surface area contributed by atoms with Crippen LogP contribution in [0.1, 0.15) is 48.9 Å². The molecule has 0 radical (unpaired) electrons. The van der Waals surface area contributed by atoms with Crippen LogP contribution in [-0.4, -0.2) is 9.55 Å². The van der Waals surface area contributed by atoms with E-state index < -0.39 is 13.3 Å². The first-order valence-corrected chi connectivity index (χ1v) is 5.66. The van der Waals surface area contributed by atoms with E-state index in [0.717, 1.165) is 21.3 Å². The minimum atomic E-state index is -2.76. The molecule has 0 bridgehead atoms. The van der Waals surface area contributed by atoms with E-state index in [1.54, 1.807) is 0 Å². The molecular weight excluding hydrogens is 208 g/mol. The Balaban J connectivity index is 2.52. The van der Waals surface area contributed by atoms with E-state index in [-0.39, 0.29) is 5.92 Å². The summed E-state index contributed by atoms with van der Waals surface area (Å²) in [6.45, 7) is 0.713. The molecule has 1 unspecified atom stereocenters. The molecule has 2 heteroatoms. The van der Waals surface area contributed by atoms with E-state index in [1.165, 1.54) is 12.5 Å². The van der Waals surface area contributed by atoms with Crippen LogP contribution in [0.2, 0.25) is 0 Å².